The molecule has 0 radical (unpaired) electrons. The molecule has 3 heterocycles. The molecule has 0 saturated heterocycles. The molecule has 0 amide bonds. The van der Waals surface area contributed by atoms with Gasteiger partial charge in [0.2, 0.25) is 5.78 Å². The normalized spacial score (nSPS) is 12.9. The number of nitrogen functional groups attached to an aromatic ring is 1. The van der Waals surface area contributed by atoms with Crippen LogP contribution in [0.2, 0.25) is 0 Å². The van der Waals surface area contributed by atoms with Gasteiger partial charge in [-0.05, 0) is 43.0 Å². The van der Waals surface area contributed by atoms with Crippen LogP contribution in [0.5, 0.6) is 5.75 Å². The Morgan fingerprint density at radius 2 is 2.10 bits per heavy atom. The molecule has 0 fully saturated rings. The van der Waals surface area contributed by atoms with Crippen LogP contribution in [0.25, 0.3) is 21.3 Å². The number of hydrogen-bond acceptors (Lipinski definition) is 6. The third-order valence-corrected chi connectivity index (χ3v) is 6.49. The number of rotatable bonds is 4. The van der Waals surface area contributed by atoms with Crippen LogP contribution in [0, 0.1) is 0 Å². The molecule has 1 aliphatic rings. The monoisotopic (exact) mass is 401 g/mol. The predicted octanol–water partition coefficient (Wildman–Crippen LogP) is 4.67. The van der Waals surface area contributed by atoms with E-state index in [0.717, 1.165) is 46.3 Å². The summed E-state index contributed by atoms with van der Waals surface area (Å²) in [6, 6.07) is 11.1. The Kier molecular flexibility index (Phi) is 4.28. The molecule has 0 saturated carbocycles. The first-order valence-corrected chi connectivity index (χ1v) is 10.3. The van der Waals surface area contributed by atoms with Crippen LogP contribution in [0.1, 0.15) is 32.9 Å². The summed E-state index contributed by atoms with van der Waals surface area (Å²) >= 11 is 1.37. The average molecular weight is 401 g/mol. The van der Waals surface area contributed by atoms with E-state index in [1.165, 1.54) is 16.9 Å². The first-order chi connectivity index (χ1) is 14.2. The standard InChI is InChI=1S/C23H19N3O2S/c1-28-15-7-2-5-13(11-15)21(27)22-20(24)19-18(14-6-4-10-25-12-14)16-8-3-9-17(16)26-23(19)29-22/h2,4-7,10-12H,3,8-9,24H2,1H3. The van der Waals surface area contributed by atoms with Crippen LogP contribution in [0.4, 0.5) is 5.69 Å². The van der Waals surface area contributed by atoms with Gasteiger partial charge in [0.1, 0.15) is 15.5 Å². The van der Waals surface area contributed by atoms with Gasteiger partial charge in [0.05, 0.1) is 12.8 Å². The predicted molar refractivity (Wildman–Crippen MR) is 116 cm³/mol. The number of carbonyl (C=O) groups excluding carboxylic acids is 1. The molecule has 144 valence electrons. The lowest BCUT2D eigenvalue weighted by Crippen LogP contribution is -2.03. The summed E-state index contributed by atoms with van der Waals surface area (Å²) in [6.45, 7) is 0. The van der Waals surface area contributed by atoms with Crippen molar-refractivity contribution in [1.82, 2.24) is 9.97 Å². The molecular weight excluding hydrogens is 382 g/mol. The van der Waals surface area contributed by atoms with Crippen molar-refractivity contribution in [1.29, 1.82) is 0 Å². The maximum atomic E-state index is 13.2. The van der Waals surface area contributed by atoms with Crippen molar-refractivity contribution < 1.29 is 9.53 Å². The quantitative estimate of drug-likeness (QED) is 0.503. The topological polar surface area (TPSA) is 78.1 Å². The molecule has 5 rings (SSSR count). The van der Waals surface area contributed by atoms with Crippen LogP contribution in [-0.4, -0.2) is 22.9 Å². The summed E-state index contributed by atoms with van der Waals surface area (Å²) in [6.07, 6.45) is 6.62. The van der Waals surface area contributed by atoms with E-state index >= 15 is 0 Å². The van der Waals surface area contributed by atoms with E-state index in [9.17, 15) is 4.79 Å². The van der Waals surface area contributed by atoms with Gasteiger partial charge in [-0.3, -0.25) is 9.78 Å². The number of ether oxygens (including phenoxy) is 1. The first-order valence-electron chi connectivity index (χ1n) is 9.50. The van der Waals surface area contributed by atoms with Crippen LogP contribution >= 0.6 is 11.3 Å². The number of carbonyl (C=O) groups is 1. The third kappa shape index (κ3) is 2.87. The van der Waals surface area contributed by atoms with Gasteiger partial charge in [-0.15, -0.1) is 11.3 Å². The van der Waals surface area contributed by atoms with E-state index in [1.807, 2.05) is 30.5 Å². The number of benzene rings is 1. The van der Waals surface area contributed by atoms with E-state index in [1.54, 1.807) is 25.4 Å². The SMILES string of the molecule is COc1cccc(C(=O)c2sc3nc4c(c(-c5cccnc5)c3c2N)CCC4)c1. The van der Waals surface area contributed by atoms with Gasteiger partial charge in [-0.1, -0.05) is 18.2 Å². The van der Waals surface area contributed by atoms with Crippen molar-refractivity contribution in [3.05, 3.63) is 70.5 Å². The fourth-order valence-corrected chi connectivity index (χ4v) is 5.12. The zero-order chi connectivity index (χ0) is 20.0. The van der Waals surface area contributed by atoms with Crippen molar-refractivity contribution in [2.45, 2.75) is 19.3 Å². The molecule has 2 N–H and O–H groups in total. The molecule has 6 heteroatoms. The highest BCUT2D eigenvalue weighted by Crippen LogP contribution is 2.44. The highest BCUT2D eigenvalue weighted by atomic mass is 32.1. The van der Waals surface area contributed by atoms with Crippen molar-refractivity contribution in [2.75, 3.05) is 12.8 Å². The number of nitrogens with zero attached hydrogens (tertiary/aromatic N) is 2. The molecule has 1 aromatic carbocycles. The average Bonchev–Trinajstić information content (AvgIpc) is 3.36. The zero-order valence-electron chi connectivity index (χ0n) is 15.9. The molecule has 0 bridgehead atoms. The molecule has 29 heavy (non-hydrogen) atoms. The lowest BCUT2D eigenvalue weighted by molar-refractivity contribution is 0.104. The Morgan fingerprint density at radius 1 is 1.21 bits per heavy atom. The summed E-state index contributed by atoms with van der Waals surface area (Å²) in [5, 5.41) is 0.870. The van der Waals surface area contributed by atoms with Gasteiger partial charge >= 0.3 is 0 Å². The molecule has 0 atom stereocenters. The summed E-state index contributed by atoms with van der Waals surface area (Å²) in [4.78, 5) is 23.7. The molecule has 4 aromatic rings. The van der Waals surface area contributed by atoms with Crippen LogP contribution in [0.3, 0.4) is 0 Å². The molecule has 3 aromatic heterocycles. The Bertz CT molecular complexity index is 1250. The number of methoxy groups -OCH3 is 1. The zero-order valence-corrected chi connectivity index (χ0v) is 16.8. The van der Waals surface area contributed by atoms with Crippen molar-refractivity contribution >= 4 is 33.0 Å². The van der Waals surface area contributed by atoms with Gasteiger partial charge in [0, 0.05) is 40.2 Å². The highest BCUT2D eigenvalue weighted by molar-refractivity contribution is 7.21. The summed E-state index contributed by atoms with van der Waals surface area (Å²) in [5.74, 6) is 0.533. The largest absolute Gasteiger partial charge is 0.497 e. The smallest absolute Gasteiger partial charge is 0.205 e. The fraction of sp³-hybridized carbons (Fsp3) is 0.174. The van der Waals surface area contributed by atoms with Crippen molar-refractivity contribution in [2.24, 2.45) is 0 Å². The summed E-state index contributed by atoms with van der Waals surface area (Å²) in [5.41, 5.74) is 12.1. The van der Waals surface area contributed by atoms with Crippen LogP contribution in [0.15, 0.2) is 48.8 Å². The highest BCUT2D eigenvalue weighted by Gasteiger charge is 2.27. The molecule has 5 nitrogen and oxygen atoms in total. The van der Waals surface area contributed by atoms with Gasteiger partial charge in [0.25, 0.3) is 0 Å². The number of aryl methyl sites for hydroxylation is 1. The van der Waals surface area contributed by atoms with Gasteiger partial charge in [-0.25, -0.2) is 4.98 Å². The lowest BCUT2D eigenvalue weighted by Gasteiger charge is -2.11. The summed E-state index contributed by atoms with van der Waals surface area (Å²) < 4.78 is 5.26. The van der Waals surface area contributed by atoms with Gasteiger partial charge in [-0.2, -0.15) is 0 Å². The second kappa shape index (κ2) is 6.97. The third-order valence-electron chi connectivity index (χ3n) is 5.39. The van der Waals surface area contributed by atoms with E-state index in [4.69, 9.17) is 15.5 Å². The number of anilines is 1. The number of aromatic nitrogens is 2. The Hall–Kier alpha value is -3.25. The summed E-state index contributed by atoms with van der Waals surface area (Å²) in [7, 11) is 1.59. The van der Waals surface area contributed by atoms with Crippen LogP contribution < -0.4 is 10.5 Å². The Morgan fingerprint density at radius 3 is 2.90 bits per heavy atom. The van der Waals surface area contributed by atoms with E-state index in [2.05, 4.69) is 4.98 Å². The minimum atomic E-state index is -0.110. The van der Waals surface area contributed by atoms with E-state index in [0.29, 0.717) is 21.9 Å². The minimum absolute atomic E-state index is 0.110. The van der Waals surface area contributed by atoms with Gasteiger partial charge < -0.3 is 10.5 Å². The number of hydrogen-bond donors (Lipinski definition) is 1. The van der Waals surface area contributed by atoms with Crippen LogP contribution in [-0.2, 0) is 12.8 Å². The minimum Gasteiger partial charge on any atom is -0.497 e. The van der Waals surface area contributed by atoms with Crippen molar-refractivity contribution in [3.63, 3.8) is 0 Å². The lowest BCUT2D eigenvalue weighted by atomic mass is 9.96. The second-order valence-electron chi connectivity index (χ2n) is 7.09. The molecule has 0 aliphatic heterocycles. The van der Waals surface area contributed by atoms with E-state index < -0.39 is 0 Å². The maximum Gasteiger partial charge on any atom is 0.205 e. The number of nitrogens with two attached hydrogens (primary N) is 1. The Balaban J connectivity index is 1.74. The molecular formula is C23H19N3O2S. The van der Waals surface area contributed by atoms with E-state index in [-0.39, 0.29) is 5.78 Å². The second-order valence-corrected chi connectivity index (χ2v) is 8.09. The fourth-order valence-electron chi connectivity index (χ4n) is 4.04. The first kappa shape index (κ1) is 17.8. The van der Waals surface area contributed by atoms with Gasteiger partial charge in [0.15, 0.2) is 0 Å². The maximum absolute atomic E-state index is 13.2. The molecule has 1 aliphatic carbocycles. The van der Waals surface area contributed by atoms with Crippen molar-refractivity contribution in [3.8, 4) is 16.9 Å². The number of fused-ring (bicyclic) bond motifs is 2. The number of pyridine rings is 2. The molecule has 0 unspecified atom stereocenters. The number of thiophene rings is 1. The number of ketones is 1. The molecule has 0 spiro atoms. The Labute approximate surface area is 172 Å².